The van der Waals surface area contributed by atoms with Crippen LogP contribution in [0.1, 0.15) is 23.4 Å². The van der Waals surface area contributed by atoms with Crippen LogP contribution in [0.15, 0.2) is 96.1 Å². The Morgan fingerprint density at radius 1 is 0.759 bits per heavy atom. The van der Waals surface area contributed by atoms with E-state index in [9.17, 15) is 4.79 Å². The lowest BCUT2D eigenvalue weighted by Gasteiger charge is -2.14. The van der Waals surface area contributed by atoms with E-state index in [0.717, 1.165) is 36.2 Å². The second-order valence-corrected chi connectivity index (χ2v) is 7.04. The van der Waals surface area contributed by atoms with Gasteiger partial charge in [-0.05, 0) is 36.1 Å². The maximum Gasteiger partial charge on any atom is 0.254 e. The Balaban J connectivity index is 1.64. The van der Waals surface area contributed by atoms with Crippen LogP contribution in [-0.4, -0.2) is 14.5 Å². The molecule has 0 spiro atoms. The summed E-state index contributed by atoms with van der Waals surface area (Å²) in [5.41, 5.74) is 3.99. The van der Waals surface area contributed by atoms with Gasteiger partial charge in [0.05, 0.1) is 12.2 Å². The van der Waals surface area contributed by atoms with E-state index in [1.54, 1.807) is 23.0 Å². The van der Waals surface area contributed by atoms with Crippen LogP contribution in [0.3, 0.4) is 0 Å². The molecule has 0 saturated heterocycles. The maximum atomic E-state index is 13.0. The predicted molar refractivity (Wildman–Crippen MR) is 116 cm³/mol. The van der Waals surface area contributed by atoms with Crippen molar-refractivity contribution in [2.24, 2.45) is 0 Å². The lowest BCUT2D eigenvalue weighted by Crippen LogP contribution is -2.25. The van der Waals surface area contributed by atoms with Crippen molar-refractivity contribution in [1.82, 2.24) is 14.5 Å². The second-order valence-electron chi connectivity index (χ2n) is 7.04. The Labute approximate surface area is 170 Å². The van der Waals surface area contributed by atoms with E-state index in [2.05, 4.69) is 29.2 Å². The highest BCUT2D eigenvalue weighted by Gasteiger charge is 2.11. The van der Waals surface area contributed by atoms with Crippen LogP contribution in [0.5, 0.6) is 0 Å². The normalized spacial score (nSPS) is 10.8. The van der Waals surface area contributed by atoms with Gasteiger partial charge in [-0.15, -0.1) is 0 Å². The van der Waals surface area contributed by atoms with Crippen LogP contribution in [-0.2, 0) is 19.4 Å². The molecular formula is C25H23N3O. The number of rotatable bonds is 7. The van der Waals surface area contributed by atoms with Crippen LogP contribution >= 0.6 is 0 Å². The van der Waals surface area contributed by atoms with Crippen molar-refractivity contribution < 1.29 is 0 Å². The van der Waals surface area contributed by atoms with E-state index in [0.29, 0.717) is 12.2 Å². The summed E-state index contributed by atoms with van der Waals surface area (Å²) in [5.74, 6) is 0.823. The maximum absolute atomic E-state index is 13.0. The van der Waals surface area contributed by atoms with E-state index in [1.807, 2.05) is 48.5 Å². The molecule has 0 amide bonds. The summed E-state index contributed by atoms with van der Waals surface area (Å²) in [6.07, 6.45) is 6.09. The van der Waals surface area contributed by atoms with Gasteiger partial charge in [-0.2, -0.15) is 0 Å². The Kier molecular flexibility index (Phi) is 5.91. The third-order valence-electron chi connectivity index (χ3n) is 4.96. The summed E-state index contributed by atoms with van der Waals surface area (Å²) in [6.45, 7) is 0.532. The molecule has 0 atom stereocenters. The highest BCUT2D eigenvalue weighted by molar-refractivity contribution is 5.57. The molecule has 0 aliphatic rings. The third-order valence-corrected chi connectivity index (χ3v) is 4.96. The average molecular weight is 381 g/mol. The highest BCUT2D eigenvalue weighted by atomic mass is 16.1. The first-order chi connectivity index (χ1) is 14.3. The molecule has 0 N–H and O–H groups in total. The molecule has 0 radical (unpaired) electrons. The van der Waals surface area contributed by atoms with E-state index >= 15 is 0 Å². The van der Waals surface area contributed by atoms with Gasteiger partial charge in [0, 0.05) is 30.4 Å². The van der Waals surface area contributed by atoms with Gasteiger partial charge < -0.3 is 0 Å². The lowest BCUT2D eigenvalue weighted by atomic mass is 10.1. The number of hydrogen-bond donors (Lipinski definition) is 0. The van der Waals surface area contributed by atoms with E-state index in [-0.39, 0.29) is 5.56 Å². The van der Waals surface area contributed by atoms with Crippen molar-refractivity contribution in [1.29, 1.82) is 0 Å². The van der Waals surface area contributed by atoms with Crippen LogP contribution in [0.4, 0.5) is 0 Å². The molecule has 4 nitrogen and oxygen atoms in total. The average Bonchev–Trinajstić information content (AvgIpc) is 2.78. The molecule has 2 aromatic heterocycles. The zero-order valence-corrected chi connectivity index (χ0v) is 16.2. The molecule has 0 fully saturated rings. The molecule has 0 aliphatic carbocycles. The minimum Gasteiger partial charge on any atom is -0.292 e. The summed E-state index contributed by atoms with van der Waals surface area (Å²) in [4.78, 5) is 21.9. The Morgan fingerprint density at radius 2 is 1.41 bits per heavy atom. The van der Waals surface area contributed by atoms with Crippen molar-refractivity contribution in [3.63, 3.8) is 0 Å². The number of aromatic nitrogens is 3. The zero-order valence-electron chi connectivity index (χ0n) is 16.2. The minimum atomic E-state index is -0.0228. The minimum absolute atomic E-state index is 0.0228. The summed E-state index contributed by atoms with van der Waals surface area (Å²) in [6, 6.07) is 25.9. The Hall–Kier alpha value is -3.53. The number of nitrogens with zero attached hydrogens (tertiary/aromatic N) is 3. The van der Waals surface area contributed by atoms with Crippen LogP contribution in [0, 0.1) is 0 Å². The standard InChI is InChI=1S/C25H23N3O/c29-25-18-23(22-14-16-26-17-15-22)27-24(13-7-12-20-8-3-1-4-9-20)28(25)19-21-10-5-2-6-11-21/h1-6,8-11,14-18H,7,12-13,19H2. The number of benzene rings is 2. The molecule has 2 heterocycles. The number of pyridine rings is 1. The molecule has 2 aromatic carbocycles. The summed E-state index contributed by atoms with van der Waals surface area (Å²) < 4.78 is 1.80. The SMILES string of the molecule is O=c1cc(-c2ccncc2)nc(CCCc2ccccc2)n1Cc1ccccc1. The van der Waals surface area contributed by atoms with Gasteiger partial charge in [0.2, 0.25) is 0 Å². The van der Waals surface area contributed by atoms with Crippen LogP contribution in [0.2, 0.25) is 0 Å². The highest BCUT2D eigenvalue weighted by Crippen LogP contribution is 2.16. The molecule has 29 heavy (non-hydrogen) atoms. The van der Waals surface area contributed by atoms with Gasteiger partial charge in [-0.3, -0.25) is 14.3 Å². The third kappa shape index (κ3) is 4.85. The van der Waals surface area contributed by atoms with Gasteiger partial charge in [-0.1, -0.05) is 60.7 Å². The molecule has 0 bridgehead atoms. The van der Waals surface area contributed by atoms with Crippen molar-refractivity contribution in [3.8, 4) is 11.3 Å². The van der Waals surface area contributed by atoms with E-state index < -0.39 is 0 Å². The second kappa shape index (κ2) is 9.11. The van der Waals surface area contributed by atoms with Crippen molar-refractivity contribution in [2.45, 2.75) is 25.8 Å². The first-order valence-corrected chi connectivity index (χ1v) is 9.88. The molecule has 0 saturated carbocycles. The van der Waals surface area contributed by atoms with Crippen molar-refractivity contribution >= 4 is 0 Å². The van der Waals surface area contributed by atoms with Gasteiger partial charge in [0.1, 0.15) is 5.82 Å². The molecular weight excluding hydrogens is 358 g/mol. The summed E-state index contributed by atoms with van der Waals surface area (Å²) >= 11 is 0. The van der Waals surface area contributed by atoms with Crippen LogP contribution < -0.4 is 5.56 Å². The molecule has 4 rings (SSSR count). The van der Waals surface area contributed by atoms with Gasteiger partial charge in [-0.25, -0.2) is 4.98 Å². The van der Waals surface area contributed by atoms with E-state index in [4.69, 9.17) is 4.98 Å². The largest absolute Gasteiger partial charge is 0.292 e. The van der Waals surface area contributed by atoms with Crippen molar-refractivity contribution in [3.05, 3.63) is 119 Å². The monoisotopic (exact) mass is 381 g/mol. The fraction of sp³-hybridized carbons (Fsp3) is 0.160. The van der Waals surface area contributed by atoms with Crippen LogP contribution in [0.25, 0.3) is 11.3 Å². The zero-order chi connectivity index (χ0) is 19.9. The smallest absolute Gasteiger partial charge is 0.254 e. The number of aryl methyl sites for hydroxylation is 2. The first-order valence-electron chi connectivity index (χ1n) is 9.88. The van der Waals surface area contributed by atoms with Gasteiger partial charge in [0.15, 0.2) is 0 Å². The number of hydrogen-bond acceptors (Lipinski definition) is 3. The van der Waals surface area contributed by atoms with Gasteiger partial charge in [0.25, 0.3) is 5.56 Å². The molecule has 4 heteroatoms. The van der Waals surface area contributed by atoms with E-state index in [1.165, 1.54) is 5.56 Å². The Bertz CT molecular complexity index is 1110. The first kappa shape index (κ1) is 18.8. The Morgan fingerprint density at radius 3 is 2.10 bits per heavy atom. The molecule has 4 aromatic rings. The molecule has 0 aliphatic heterocycles. The fourth-order valence-corrected chi connectivity index (χ4v) is 3.45. The fourth-order valence-electron chi connectivity index (χ4n) is 3.45. The van der Waals surface area contributed by atoms with Crippen molar-refractivity contribution in [2.75, 3.05) is 0 Å². The predicted octanol–water partition coefficient (Wildman–Crippen LogP) is 4.53. The lowest BCUT2D eigenvalue weighted by molar-refractivity contribution is 0.643. The quantitative estimate of drug-likeness (QED) is 0.473. The molecule has 144 valence electrons. The van der Waals surface area contributed by atoms with Gasteiger partial charge >= 0.3 is 0 Å². The summed E-state index contributed by atoms with van der Waals surface area (Å²) in [5, 5.41) is 0. The summed E-state index contributed by atoms with van der Waals surface area (Å²) in [7, 11) is 0. The topological polar surface area (TPSA) is 47.8 Å². The molecule has 0 unspecified atom stereocenters.